The molecule has 0 radical (unpaired) electrons. The average molecular weight is 284 g/mol. The lowest BCUT2D eigenvalue weighted by molar-refractivity contribution is 0.257. The van der Waals surface area contributed by atoms with Gasteiger partial charge in [0.25, 0.3) is 0 Å². The van der Waals surface area contributed by atoms with E-state index in [1.807, 2.05) is 42.5 Å². The van der Waals surface area contributed by atoms with Crippen molar-refractivity contribution < 1.29 is 9.47 Å². The second kappa shape index (κ2) is 9.06. The van der Waals surface area contributed by atoms with Gasteiger partial charge in [0.05, 0.1) is 6.61 Å². The van der Waals surface area contributed by atoms with E-state index < -0.39 is 0 Å². The summed E-state index contributed by atoms with van der Waals surface area (Å²) < 4.78 is 11.7. The maximum absolute atomic E-state index is 5.88. The molecule has 2 nitrogen and oxygen atoms in total. The molecule has 0 aliphatic carbocycles. The lowest BCUT2D eigenvalue weighted by atomic mass is 10.2. The van der Waals surface area contributed by atoms with Crippen LogP contribution in [0.5, 0.6) is 11.5 Å². The number of ether oxygens (including phenoxy) is 2. The Labute approximate surface area is 127 Å². The zero-order valence-corrected chi connectivity index (χ0v) is 12.8. The molecule has 0 unspecified atom stereocenters. The van der Waals surface area contributed by atoms with Crippen molar-refractivity contribution in [3.05, 3.63) is 60.2 Å². The highest BCUT2D eigenvalue weighted by Crippen LogP contribution is 2.27. The maximum Gasteiger partial charge on any atom is 0.161 e. The second-order valence-electron chi connectivity index (χ2n) is 5.13. The van der Waals surface area contributed by atoms with E-state index in [2.05, 4.69) is 19.1 Å². The van der Waals surface area contributed by atoms with Gasteiger partial charge in [-0.15, -0.1) is 0 Å². The smallest absolute Gasteiger partial charge is 0.161 e. The molecular weight excluding hydrogens is 260 g/mol. The number of hydrogen-bond donors (Lipinski definition) is 0. The van der Waals surface area contributed by atoms with Crippen molar-refractivity contribution in [1.29, 1.82) is 0 Å². The van der Waals surface area contributed by atoms with Crippen molar-refractivity contribution >= 4 is 0 Å². The highest BCUT2D eigenvalue weighted by atomic mass is 16.5. The zero-order valence-electron chi connectivity index (χ0n) is 12.8. The topological polar surface area (TPSA) is 18.5 Å². The van der Waals surface area contributed by atoms with Gasteiger partial charge in [0.15, 0.2) is 11.5 Å². The van der Waals surface area contributed by atoms with E-state index in [-0.39, 0.29) is 0 Å². The Morgan fingerprint density at radius 2 is 1.38 bits per heavy atom. The predicted octanol–water partition coefficient (Wildman–Crippen LogP) is 5.22. The Morgan fingerprint density at radius 3 is 2.10 bits per heavy atom. The molecule has 0 aliphatic rings. The molecule has 0 N–H and O–H groups in total. The van der Waals surface area contributed by atoms with Gasteiger partial charge in [-0.1, -0.05) is 68.7 Å². The molecule has 2 rings (SSSR count). The molecule has 0 fully saturated rings. The first-order valence-corrected chi connectivity index (χ1v) is 7.78. The molecule has 0 heterocycles. The number of rotatable bonds is 9. The molecule has 2 heteroatoms. The number of para-hydroxylation sites is 2. The van der Waals surface area contributed by atoms with Gasteiger partial charge in [-0.25, -0.2) is 0 Å². The van der Waals surface area contributed by atoms with Crippen LogP contribution in [0.15, 0.2) is 54.6 Å². The Bertz CT molecular complexity index is 508. The molecule has 2 aromatic carbocycles. The SMILES string of the molecule is CCCCCCOc1ccccc1OCc1ccccc1. The van der Waals surface area contributed by atoms with Gasteiger partial charge < -0.3 is 9.47 Å². The summed E-state index contributed by atoms with van der Waals surface area (Å²) in [5.41, 5.74) is 1.16. The van der Waals surface area contributed by atoms with Crippen LogP contribution in [0.25, 0.3) is 0 Å². The van der Waals surface area contributed by atoms with Gasteiger partial charge >= 0.3 is 0 Å². The molecular formula is C19H24O2. The molecule has 0 aliphatic heterocycles. The van der Waals surface area contributed by atoms with Crippen LogP contribution in [-0.2, 0) is 6.61 Å². The van der Waals surface area contributed by atoms with Gasteiger partial charge in [-0.05, 0) is 24.1 Å². The van der Waals surface area contributed by atoms with Crippen molar-refractivity contribution in [2.45, 2.75) is 39.2 Å². The highest BCUT2D eigenvalue weighted by molar-refractivity contribution is 5.39. The minimum absolute atomic E-state index is 0.567. The Hall–Kier alpha value is -1.96. The van der Waals surface area contributed by atoms with Gasteiger partial charge in [0.1, 0.15) is 6.61 Å². The summed E-state index contributed by atoms with van der Waals surface area (Å²) >= 11 is 0. The van der Waals surface area contributed by atoms with Crippen LogP contribution in [-0.4, -0.2) is 6.61 Å². The summed E-state index contributed by atoms with van der Waals surface area (Å²) in [5.74, 6) is 1.65. The van der Waals surface area contributed by atoms with Crippen LogP contribution in [0, 0.1) is 0 Å². The predicted molar refractivity (Wildman–Crippen MR) is 86.9 cm³/mol. The minimum Gasteiger partial charge on any atom is -0.490 e. The molecule has 21 heavy (non-hydrogen) atoms. The summed E-state index contributed by atoms with van der Waals surface area (Å²) in [4.78, 5) is 0. The van der Waals surface area contributed by atoms with Crippen LogP contribution in [0.2, 0.25) is 0 Å². The monoisotopic (exact) mass is 284 g/mol. The highest BCUT2D eigenvalue weighted by Gasteiger charge is 2.04. The second-order valence-corrected chi connectivity index (χ2v) is 5.13. The van der Waals surface area contributed by atoms with Crippen molar-refractivity contribution in [3.63, 3.8) is 0 Å². The third-order valence-corrected chi connectivity index (χ3v) is 3.34. The van der Waals surface area contributed by atoms with E-state index in [1.165, 1.54) is 19.3 Å². The number of hydrogen-bond acceptors (Lipinski definition) is 2. The minimum atomic E-state index is 0.567. The van der Waals surface area contributed by atoms with E-state index in [0.29, 0.717) is 6.61 Å². The van der Waals surface area contributed by atoms with Crippen LogP contribution in [0.3, 0.4) is 0 Å². The van der Waals surface area contributed by atoms with Crippen molar-refractivity contribution in [2.75, 3.05) is 6.61 Å². The van der Waals surface area contributed by atoms with Gasteiger partial charge in [-0.3, -0.25) is 0 Å². The van der Waals surface area contributed by atoms with E-state index in [4.69, 9.17) is 9.47 Å². The molecule has 0 saturated carbocycles. The normalized spacial score (nSPS) is 10.3. The van der Waals surface area contributed by atoms with Crippen molar-refractivity contribution in [1.82, 2.24) is 0 Å². The van der Waals surface area contributed by atoms with Crippen LogP contribution in [0.1, 0.15) is 38.2 Å². The Balaban J connectivity index is 1.84. The first-order valence-electron chi connectivity index (χ1n) is 7.78. The lowest BCUT2D eigenvalue weighted by Gasteiger charge is -2.12. The maximum atomic E-state index is 5.88. The van der Waals surface area contributed by atoms with E-state index >= 15 is 0 Å². The average Bonchev–Trinajstić information content (AvgIpc) is 2.55. The zero-order chi connectivity index (χ0) is 14.8. The summed E-state index contributed by atoms with van der Waals surface area (Å²) in [6.07, 6.45) is 4.84. The standard InChI is InChI=1S/C19H24O2/c1-2-3-4-10-15-20-18-13-8-9-14-19(18)21-16-17-11-6-5-7-12-17/h5-9,11-14H,2-4,10,15-16H2,1H3. The summed E-state index contributed by atoms with van der Waals surface area (Å²) in [5, 5.41) is 0. The Morgan fingerprint density at radius 1 is 0.714 bits per heavy atom. The molecule has 0 amide bonds. The molecule has 0 aromatic heterocycles. The summed E-state index contributed by atoms with van der Waals surface area (Å²) in [7, 11) is 0. The van der Waals surface area contributed by atoms with Crippen LogP contribution >= 0.6 is 0 Å². The molecule has 0 spiro atoms. The Kier molecular flexibility index (Phi) is 6.66. The summed E-state index contributed by atoms with van der Waals surface area (Å²) in [6, 6.07) is 18.1. The fraction of sp³-hybridized carbons (Fsp3) is 0.368. The quantitative estimate of drug-likeness (QED) is 0.587. The van der Waals surface area contributed by atoms with Gasteiger partial charge in [0.2, 0.25) is 0 Å². The van der Waals surface area contributed by atoms with Crippen molar-refractivity contribution in [2.24, 2.45) is 0 Å². The largest absolute Gasteiger partial charge is 0.490 e. The molecule has 0 atom stereocenters. The van der Waals surface area contributed by atoms with Crippen LogP contribution in [0.4, 0.5) is 0 Å². The van der Waals surface area contributed by atoms with Gasteiger partial charge in [0, 0.05) is 0 Å². The summed E-state index contributed by atoms with van der Waals surface area (Å²) in [6.45, 7) is 3.54. The number of unbranched alkanes of at least 4 members (excludes halogenated alkanes) is 3. The van der Waals surface area contributed by atoms with Crippen LogP contribution < -0.4 is 9.47 Å². The third kappa shape index (κ3) is 5.50. The molecule has 0 bridgehead atoms. The fourth-order valence-electron chi connectivity index (χ4n) is 2.13. The molecule has 0 saturated heterocycles. The number of benzene rings is 2. The molecule has 112 valence electrons. The molecule has 2 aromatic rings. The van der Waals surface area contributed by atoms with Crippen molar-refractivity contribution in [3.8, 4) is 11.5 Å². The fourth-order valence-corrected chi connectivity index (χ4v) is 2.13. The first kappa shape index (κ1) is 15.4. The first-order chi connectivity index (χ1) is 10.4. The van der Waals surface area contributed by atoms with E-state index in [9.17, 15) is 0 Å². The van der Waals surface area contributed by atoms with E-state index in [0.717, 1.165) is 30.1 Å². The lowest BCUT2D eigenvalue weighted by Crippen LogP contribution is -2.01. The van der Waals surface area contributed by atoms with Gasteiger partial charge in [-0.2, -0.15) is 0 Å². The third-order valence-electron chi connectivity index (χ3n) is 3.34. The van der Waals surface area contributed by atoms with E-state index in [1.54, 1.807) is 0 Å².